The molecular weight excluding hydrogens is 396 g/mol. The fourth-order valence-electron chi connectivity index (χ4n) is 3.10. The summed E-state index contributed by atoms with van der Waals surface area (Å²) in [5.74, 6) is 0. The molecule has 0 bridgehead atoms. The predicted molar refractivity (Wildman–Crippen MR) is 104 cm³/mol. The van der Waals surface area contributed by atoms with Gasteiger partial charge in [0, 0.05) is 36.5 Å². The Hall–Kier alpha value is -2.93. The van der Waals surface area contributed by atoms with E-state index < -0.39 is 0 Å². The van der Waals surface area contributed by atoms with Crippen LogP contribution in [-0.2, 0) is 14.1 Å². The van der Waals surface area contributed by atoms with Gasteiger partial charge in [0.05, 0.1) is 17.0 Å². The van der Waals surface area contributed by atoms with E-state index in [1.54, 1.807) is 13.2 Å². The Morgan fingerprint density at radius 3 is 2.42 bits per heavy atom. The topological polar surface area (TPSA) is 61.3 Å². The molecule has 0 aliphatic heterocycles. The molecule has 0 saturated carbocycles. The summed E-state index contributed by atoms with van der Waals surface area (Å²) in [4.78, 5) is 30.1. The second-order valence-corrected chi connectivity index (χ2v) is 6.86. The highest BCUT2D eigenvalue weighted by molar-refractivity contribution is 9.10. The molecule has 1 aromatic carbocycles. The van der Waals surface area contributed by atoms with Crippen LogP contribution in [0.15, 0.2) is 68.9 Å². The third-order valence-electron chi connectivity index (χ3n) is 4.41. The quantitative estimate of drug-likeness (QED) is 0.510. The van der Waals surface area contributed by atoms with Crippen LogP contribution < -0.4 is 11.2 Å². The molecule has 6 nitrogen and oxygen atoms in total. The zero-order valence-electron chi connectivity index (χ0n) is 14.2. The Labute approximate surface area is 157 Å². The van der Waals surface area contributed by atoms with E-state index in [9.17, 15) is 9.59 Å². The first-order valence-corrected chi connectivity index (χ1v) is 8.77. The Kier molecular flexibility index (Phi) is 3.88. The van der Waals surface area contributed by atoms with Gasteiger partial charge in [-0.15, -0.1) is 0 Å². The lowest BCUT2D eigenvalue weighted by Crippen LogP contribution is -2.38. The van der Waals surface area contributed by atoms with E-state index in [2.05, 4.69) is 20.9 Å². The predicted octanol–water partition coefficient (Wildman–Crippen LogP) is 2.83. The molecule has 0 aliphatic rings. The van der Waals surface area contributed by atoms with Crippen molar-refractivity contribution in [2.45, 2.75) is 0 Å². The van der Waals surface area contributed by atoms with E-state index in [-0.39, 0.29) is 11.2 Å². The van der Waals surface area contributed by atoms with Crippen molar-refractivity contribution in [3.63, 3.8) is 0 Å². The first-order valence-electron chi connectivity index (χ1n) is 7.98. The average Bonchev–Trinajstić information content (AvgIpc) is 3.07. The van der Waals surface area contributed by atoms with Crippen molar-refractivity contribution < 1.29 is 0 Å². The fourth-order valence-corrected chi connectivity index (χ4v) is 3.57. The molecule has 0 atom stereocenters. The third-order valence-corrected chi connectivity index (χ3v) is 5.11. The summed E-state index contributed by atoms with van der Waals surface area (Å²) < 4.78 is 5.25. The summed E-state index contributed by atoms with van der Waals surface area (Å²) >= 11 is 3.53. The van der Waals surface area contributed by atoms with Gasteiger partial charge in [0.25, 0.3) is 5.56 Å². The number of aromatic nitrogens is 4. The third kappa shape index (κ3) is 2.43. The minimum Gasteiger partial charge on any atom is -0.306 e. The molecule has 130 valence electrons. The number of rotatable bonds is 2. The second-order valence-electron chi connectivity index (χ2n) is 6.00. The lowest BCUT2D eigenvalue weighted by atomic mass is 10.0. The SMILES string of the molecule is Cn1c(-c2ccccc2Br)c(-c2cn3ccccc3n2)c(=O)n(C)c1=O. The minimum absolute atomic E-state index is 0.373. The van der Waals surface area contributed by atoms with Gasteiger partial charge >= 0.3 is 5.69 Å². The van der Waals surface area contributed by atoms with Crippen molar-refractivity contribution in [3.05, 3.63) is 80.2 Å². The Morgan fingerprint density at radius 2 is 1.69 bits per heavy atom. The fraction of sp³-hybridized carbons (Fsp3) is 0.105. The standard InChI is InChI=1S/C19H15BrN4O2/c1-22-17(12-7-3-4-8-13(12)20)16(18(25)23(2)19(22)26)14-11-24-10-6-5-9-15(24)21-14/h3-11H,1-2H3. The van der Waals surface area contributed by atoms with Gasteiger partial charge in [0.1, 0.15) is 5.65 Å². The maximum atomic E-state index is 13.0. The number of pyridine rings is 1. The van der Waals surface area contributed by atoms with Gasteiger partial charge in [-0.3, -0.25) is 13.9 Å². The van der Waals surface area contributed by atoms with Gasteiger partial charge in [-0.25, -0.2) is 9.78 Å². The van der Waals surface area contributed by atoms with E-state index in [4.69, 9.17) is 0 Å². The molecule has 4 rings (SSSR count). The van der Waals surface area contributed by atoms with E-state index in [1.807, 2.05) is 53.1 Å². The van der Waals surface area contributed by atoms with Crippen LogP contribution in [0.25, 0.3) is 28.2 Å². The first kappa shape index (κ1) is 16.5. The van der Waals surface area contributed by atoms with Crippen LogP contribution in [0.3, 0.4) is 0 Å². The normalized spacial score (nSPS) is 11.2. The molecule has 3 aromatic heterocycles. The van der Waals surface area contributed by atoms with Crippen LogP contribution in [0, 0.1) is 0 Å². The van der Waals surface area contributed by atoms with Gasteiger partial charge in [0.2, 0.25) is 0 Å². The van der Waals surface area contributed by atoms with Crippen molar-refractivity contribution >= 4 is 21.6 Å². The molecule has 0 unspecified atom stereocenters. The number of fused-ring (bicyclic) bond motifs is 1. The molecule has 7 heteroatoms. The number of halogens is 1. The van der Waals surface area contributed by atoms with E-state index in [0.717, 1.165) is 20.3 Å². The number of imidazole rings is 1. The molecule has 4 aromatic rings. The van der Waals surface area contributed by atoms with E-state index >= 15 is 0 Å². The number of hydrogen-bond donors (Lipinski definition) is 0. The summed E-state index contributed by atoms with van der Waals surface area (Å²) in [7, 11) is 3.14. The molecular formula is C19H15BrN4O2. The lowest BCUT2D eigenvalue weighted by Gasteiger charge is -2.15. The minimum atomic E-state index is -0.381. The summed E-state index contributed by atoms with van der Waals surface area (Å²) in [6, 6.07) is 13.2. The van der Waals surface area contributed by atoms with Crippen LogP contribution in [0.1, 0.15) is 0 Å². The Bertz CT molecular complexity index is 1230. The Morgan fingerprint density at radius 1 is 0.962 bits per heavy atom. The molecule has 26 heavy (non-hydrogen) atoms. The molecule has 0 saturated heterocycles. The summed E-state index contributed by atoms with van der Waals surface area (Å²) in [5.41, 5.74) is 2.20. The van der Waals surface area contributed by atoms with Crippen molar-refractivity contribution in [1.82, 2.24) is 18.5 Å². The van der Waals surface area contributed by atoms with Gasteiger partial charge in [0.15, 0.2) is 0 Å². The van der Waals surface area contributed by atoms with Gasteiger partial charge in [-0.2, -0.15) is 0 Å². The number of nitrogens with zero attached hydrogens (tertiary/aromatic N) is 4. The highest BCUT2D eigenvalue weighted by Crippen LogP contribution is 2.32. The second kappa shape index (κ2) is 6.10. The Balaban J connectivity index is 2.16. The molecule has 0 radical (unpaired) electrons. The van der Waals surface area contributed by atoms with E-state index in [0.29, 0.717) is 17.0 Å². The summed E-state index contributed by atoms with van der Waals surface area (Å²) in [6.07, 6.45) is 3.67. The molecule has 0 N–H and O–H groups in total. The monoisotopic (exact) mass is 410 g/mol. The van der Waals surface area contributed by atoms with Crippen LogP contribution in [0.4, 0.5) is 0 Å². The zero-order valence-corrected chi connectivity index (χ0v) is 15.8. The maximum absolute atomic E-state index is 13.0. The van der Waals surface area contributed by atoms with Crippen molar-refractivity contribution in [2.75, 3.05) is 0 Å². The summed E-state index contributed by atoms with van der Waals surface area (Å²) in [6.45, 7) is 0. The van der Waals surface area contributed by atoms with Crippen molar-refractivity contribution in [1.29, 1.82) is 0 Å². The zero-order chi connectivity index (χ0) is 18.4. The van der Waals surface area contributed by atoms with Gasteiger partial charge in [-0.05, 0) is 18.2 Å². The van der Waals surface area contributed by atoms with Crippen LogP contribution in [-0.4, -0.2) is 18.5 Å². The number of benzene rings is 1. The van der Waals surface area contributed by atoms with E-state index in [1.165, 1.54) is 11.6 Å². The smallest absolute Gasteiger partial charge is 0.306 e. The maximum Gasteiger partial charge on any atom is 0.330 e. The first-order chi connectivity index (χ1) is 12.5. The average molecular weight is 411 g/mol. The highest BCUT2D eigenvalue weighted by Gasteiger charge is 2.22. The molecule has 0 amide bonds. The molecule has 0 spiro atoms. The largest absolute Gasteiger partial charge is 0.330 e. The number of hydrogen-bond acceptors (Lipinski definition) is 3. The molecule has 3 heterocycles. The van der Waals surface area contributed by atoms with Crippen molar-refractivity contribution in [2.24, 2.45) is 14.1 Å². The highest BCUT2D eigenvalue weighted by atomic mass is 79.9. The van der Waals surface area contributed by atoms with Crippen LogP contribution in [0.2, 0.25) is 0 Å². The van der Waals surface area contributed by atoms with Crippen LogP contribution in [0.5, 0.6) is 0 Å². The lowest BCUT2D eigenvalue weighted by molar-refractivity contribution is 0.694. The molecule has 0 aliphatic carbocycles. The van der Waals surface area contributed by atoms with Crippen molar-refractivity contribution in [3.8, 4) is 22.5 Å². The summed E-state index contributed by atoms with van der Waals surface area (Å²) in [5, 5.41) is 0. The molecule has 0 fully saturated rings. The van der Waals surface area contributed by atoms with Crippen LogP contribution >= 0.6 is 15.9 Å². The van der Waals surface area contributed by atoms with Gasteiger partial charge < -0.3 is 4.40 Å². The van der Waals surface area contributed by atoms with Gasteiger partial charge in [-0.1, -0.05) is 40.2 Å².